The lowest BCUT2D eigenvalue weighted by Gasteiger charge is -2.27. The van der Waals surface area contributed by atoms with Crippen molar-refractivity contribution in [3.8, 4) is 0 Å². The summed E-state index contributed by atoms with van der Waals surface area (Å²) in [6, 6.07) is 0.282. The summed E-state index contributed by atoms with van der Waals surface area (Å²) in [7, 11) is 0. The van der Waals surface area contributed by atoms with E-state index in [9.17, 15) is 9.59 Å². The summed E-state index contributed by atoms with van der Waals surface area (Å²) in [4.78, 5) is 25.9. The van der Waals surface area contributed by atoms with Gasteiger partial charge in [-0.15, -0.1) is 0 Å². The fourth-order valence-electron chi connectivity index (χ4n) is 2.11. The molecule has 1 fully saturated rings. The summed E-state index contributed by atoms with van der Waals surface area (Å²) < 4.78 is 0. The number of rotatable bonds is 4. The molecule has 0 aliphatic carbocycles. The molecule has 0 radical (unpaired) electrons. The summed E-state index contributed by atoms with van der Waals surface area (Å²) in [5.41, 5.74) is -0.516. The van der Waals surface area contributed by atoms with Gasteiger partial charge in [-0.25, -0.2) is 0 Å². The third-order valence-electron chi connectivity index (χ3n) is 3.80. The van der Waals surface area contributed by atoms with Crippen LogP contribution < -0.4 is 0 Å². The number of carbonyl (C=O) groups excluding carboxylic acids is 2. The Kier molecular flexibility index (Phi) is 5.82. The molecule has 0 aromatic heterocycles. The van der Waals surface area contributed by atoms with E-state index in [0.717, 1.165) is 25.8 Å². The molecule has 1 aliphatic rings. The lowest BCUT2D eigenvalue weighted by atomic mass is 9.84. The Morgan fingerprint density at radius 1 is 1.29 bits per heavy atom. The van der Waals surface area contributed by atoms with Crippen LogP contribution in [0.4, 0.5) is 0 Å². The van der Waals surface area contributed by atoms with Crippen LogP contribution in [-0.4, -0.2) is 34.7 Å². The van der Waals surface area contributed by atoms with E-state index >= 15 is 0 Å². The predicted molar refractivity (Wildman–Crippen MR) is 67.7 cm³/mol. The molecule has 1 aliphatic heterocycles. The van der Waals surface area contributed by atoms with Gasteiger partial charge in [-0.05, 0) is 25.7 Å². The average molecular weight is 243 g/mol. The maximum Gasteiger partial charge on any atom is 0.290 e. The minimum absolute atomic E-state index is 0. The van der Waals surface area contributed by atoms with Crippen molar-refractivity contribution < 1.29 is 15.1 Å². The van der Waals surface area contributed by atoms with E-state index in [2.05, 4.69) is 6.92 Å². The van der Waals surface area contributed by atoms with E-state index in [4.69, 9.17) is 0 Å². The second kappa shape index (κ2) is 6.15. The highest BCUT2D eigenvalue weighted by Crippen LogP contribution is 2.26. The molecule has 4 heteroatoms. The Morgan fingerprint density at radius 3 is 2.35 bits per heavy atom. The van der Waals surface area contributed by atoms with Gasteiger partial charge in [-0.1, -0.05) is 27.7 Å². The van der Waals surface area contributed by atoms with Crippen molar-refractivity contribution >= 4 is 11.7 Å². The highest BCUT2D eigenvalue weighted by Gasteiger charge is 2.37. The number of hydrogen-bond donors (Lipinski definition) is 0. The van der Waals surface area contributed by atoms with Gasteiger partial charge in [0.15, 0.2) is 0 Å². The quantitative estimate of drug-likeness (QED) is 0.703. The monoisotopic (exact) mass is 243 g/mol. The van der Waals surface area contributed by atoms with Crippen LogP contribution in [-0.2, 0) is 9.59 Å². The van der Waals surface area contributed by atoms with Gasteiger partial charge < -0.3 is 10.4 Å². The Labute approximate surface area is 104 Å². The molecule has 0 saturated carbocycles. The first-order chi connectivity index (χ1) is 7.44. The first-order valence-corrected chi connectivity index (χ1v) is 6.29. The van der Waals surface area contributed by atoms with Crippen molar-refractivity contribution in [1.29, 1.82) is 0 Å². The van der Waals surface area contributed by atoms with Crippen molar-refractivity contribution in [3.05, 3.63) is 0 Å². The maximum absolute atomic E-state index is 12.1. The molecule has 100 valence electrons. The Morgan fingerprint density at radius 2 is 1.88 bits per heavy atom. The molecule has 4 nitrogen and oxygen atoms in total. The van der Waals surface area contributed by atoms with Gasteiger partial charge in [0.25, 0.3) is 5.91 Å². The summed E-state index contributed by atoms with van der Waals surface area (Å²) in [6.45, 7) is 8.48. The van der Waals surface area contributed by atoms with Gasteiger partial charge in [-0.2, -0.15) is 0 Å². The fraction of sp³-hybridized carbons (Fsp3) is 0.846. The molecule has 1 heterocycles. The molecule has 1 atom stereocenters. The van der Waals surface area contributed by atoms with Gasteiger partial charge in [0.1, 0.15) is 0 Å². The summed E-state index contributed by atoms with van der Waals surface area (Å²) in [5.74, 6) is -0.494. The van der Waals surface area contributed by atoms with Crippen LogP contribution in [0.5, 0.6) is 0 Å². The smallest absolute Gasteiger partial charge is 0.290 e. The lowest BCUT2D eigenvalue weighted by Crippen LogP contribution is -2.44. The number of carbonyl (C=O) groups is 2. The zero-order chi connectivity index (χ0) is 12.3. The van der Waals surface area contributed by atoms with Crippen molar-refractivity contribution in [3.63, 3.8) is 0 Å². The van der Waals surface area contributed by atoms with Gasteiger partial charge >= 0.3 is 0 Å². The molecule has 1 amide bonds. The normalized spacial score (nSPS) is 20.0. The third-order valence-corrected chi connectivity index (χ3v) is 3.80. The first-order valence-electron chi connectivity index (χ1n) is 6.29. The largest absolute Gasteiger partial charge is 0.412 e. The summed E-state index contributed by atoms with van der Waals surface area (Å²) in [6.07, 6.45) is 3.74. The number of nitrogens with zero attached hydrogens (tertiary/aromatic N) is 1. The number of ketones is 1. The second-order valence-corrected chi connectivity index (χ2v) is 5.27. The van der Waals surface area contributed by atoms with Gasteiger partial charge in [-0.3, -0.25) is 9.59 Å². The van der Waals surface area contributed by atoms with E-state index in [0.29, 0.717) is 6.42 Å². The van der Waals surface area contributed by atoms with Crippen LogP contribution in [0.1, 0.15) is 53.4 Å². The number of amides is 1. The zero-order valence-electron chi connectivity index (χ0n) is 11.4. The molecular weight excluding hydrogens is 218 g/mol. The van der Waals surface area contributed by atoms with E-state index in [-0.39, 0.29) is 23.2 Å². The first kappa shape index (κ1) is 16.1. The minimum Gasteiger partial charge on any atom is -0.412 e. The van der Waals surface area contributed by atoms with Crippen LogP contribution in [0.25, 0.3) is 0 Å². The fourth-order valence-corrected chi connectivity index (χ4v) is 2.11. The van der Waals surface area contributed by atoms with Crippen LogP contribution in [0.2, 0.25) is 0 Å². The summed E-state index contributed by atoms with van der Waals surface area (Å²) in [5, 5.41) is 0. The molecule has 17 heavy (non-hydrogen) atoms. The second-order valence-electron chi connectivity index (χ2n) is 5.27. The molecule has 1 saturated heterocycles. The SMILES string of the molecule is CC[C@@H]1CCCN1C(=O)C(=O)C(C)(C)CC.O. The molecule has 0 spiro atoms. The summed E-state index contributed by atoms with van der Waals surface area (Å²) >= 11 is 0. The molecule has 0 aromatic rings. The van der Waals surface area contributed by atoms with Gasteiger partial charge in [0, 0.05) is 18.0 Å². The average Bonchev–Trinajstić information content (AvgIpc) is 2.74. The van der Waals surface area contributed by atoms with Crippen molar-refractivity contribution in [2.75, 3.05) is 6.54 Å². The molecular formula is C13H25NO3. The number of likely N-dealkylation sites (tertiary alicyclic amines) is 1. The topological polar surface area (TPSA) is 68.9 Å². The maximum atomic E-state index is 12.1. The number of Topliss-reactive ketones (excluding diaryl/α,β-unsaturated/α-hetero) is 1. The highest BCUT2D eigenvalue weighted by atomic mass is 16.2. The highest BCUT2D eigenvalue weighted by molar-refractivity contribution is 6.38. The van der Waals surface area contributed by atoms with Crippen molar-refractivity contribution in [1.82, 2.24) is 4.90 Å². The standard InChI is InChI=1S/C13H23NO2.H2O/c1-5-10-8-7-9-14(10)12(16)11(15)13(3,4)6-2;/h10H,5-9H2,1-4H3;1H2/t10-;/m1./s1. The van der Waals surface area contributed by atoms with E-state index in [1.807, 2.05) is 20.8 Å². The third kappa shape index (κ3) is 3.28. The molecule has 0 aromatic carbocycles. The molecule has 0 unspecified atom stereocenters. The Bertz CT molecular complexity index is 286. The van der Waals surface area contributed by atoms with E-state index in [1.54, 1.807) is 4.90 Å². The van der Waals surface area contributed by atoms with Crippen LogP contribution in [0.3, 0.4) is 0 Å². The van der Waals surface area contributed by atoms with E-state index in [1.165, 1.54) is 0 Å². The zero-order valence-corrected chi connectivity index (χ0v) is 11.4. The minimum atomic E-state index is -0.516. The van der Waals surface area contributed by atoms with Crippen LogP contribution >= 0.6 is 0 Å². The lowest BCUT2D eigenvalue weighted by molar-refractivity contribution is -0.149. The predicted octanol–water partition coefficient (Wildman–Crippen LogP) is 1.57. The van der Waals surface area contributed by atoms with Crippen LogP contribution in [0.15, 0.2) is 0 Å². The van der Waals surface area contributed by atoms with Gasteiger partial charge in [0.05, 0.1) is 0 Å². The van der Waals surface area contributed by atoms with Crippen LogP contribution in [0, 0.1) is 5.41 Å². The van der Waals surface area contributed by atoms with Gasteiger partial charge in [0.2, 0.25) is 5.78 Å². The number of hydrogen-bond acceptors (Lipinski definition) is 2. The Hall–Kier alpha value is -0.900. The van der Waals surface area contributed by atoms with Crippen molar-refractivity contribution in [2.24, 2.45) is 5.41 Å². The molecule has 1 rings (SSSR count). The molecule has 0 bridgehead atoms. The molecule has 2 N–H and O–H groups in total. The van der Waals surface area contributed by atoms with Crippen molar-refractivity contribution in [2.45, 2.75) is 59.4 Å². The van der Waals surface area contributed by atoms with E-state index < -0.39 is 5.41 Å². The Balaban J connectivity index is 0.00000256.